The second kappa shape index (κ2) is 6.09. The maximum Gasteiger partial charge on any atom is 0.195 e. The number of hydrogen-bond donors (Lipinski definition) is 0. The van der Waals surface area contributed by atoms with Gasteiger partial charge in [0.1, 0.15) is 0 Å². The third-order valence-electron chi connectivity index (χ3n) is 3.25. The lowest BCUT2D eigenvalue weighted by Crippen LogP contribution is -2.36. The minimum atomic E-state index is 0.0466. The topological polar surface area (TPSA) is 18.8 Å². The molecule has 0 N–H and O–H groups in total. The molecule has 0 aliphatic carbocycles. The van der Waals surface area contributed by atoms with E-state index in [4.69, 9.17) is 4.99 Å². The smallest absolute Gasteiger partial charge is 0.195 e. The highest BCUT2D eigenvalue weighted by Crippen LogP contribution is 2.24. The highest BCUT2D eigenvalue weighted by Gasteiger charge is 2.20. The zero-order chi connectivity index (χ0) is 14.6. The average molecular weight is 261 g/mol. The fourth-order valence-corrected chi connectivity index (χ4v) is 2.05. The van der Waals surface area contributed by atoms with Crippen molar-refractivity contribution in [2.75, 3.05) is 34.7 Å². The van der Waals surface area contributed by atoms with Crippen LogP contribution in [0.3, 0.4) is 0 Å². The Morgan fingerprint density at radius 2 is 1.47 bits per heavy atom. The van der Waals surface area contributed by atoms with Gasteiger partial charge < -0.3 is 9.80 Å². The Morgan fingerprint density at radius 3 is 1.89 bits per heavy atom. The van der Waals surface area contributed by atoms with Gasteiger partial charge >= 0.3 is 0 Å². The van der Waals surface area contributed by atoms with Crippen molar-refractivity contribution in [2.45, 2.75) is 26.2 Å². The van der Waals surface area contributed by atoms with Crippen molar-refractivity contribution in [1.29, 1.82) is 0 Å². The van der Waals surface area contributed by atoms with Crippen LogP contribution in [-0.2, 0) is 5.41 Å². The highest BCUT2D eigenvalue weighted by atomic mass is 15.3. The normalized spacial score (nSPS) is 11.1. The summed E-state index contributed by atoms with van der Waals surface area (Å²) in [5.41, 5.74) is 2.68. The molecule has 0 bridgehead atoms. The van der Waals surface area contributed by atoms with Gasteiger partial charge in [0.15, 0.2) is 5.96 Å². The van der Waals surface area contributed by atoms with E-state index in [0.717, 1.165) is 12.5 Å². The van der Waals surface area contributed by atoms with E-state index in [9.17, 15) is 0 Å². The first-order chi connectivity index (χ1) is 8.74. The molecule has 19 heavy (non-hydrogen) atoms. The summed E-state index contributed by atoms with van der Waals surface area (Å²) in [6, 6.07) is 8.74. The van der Waals surface area contributed by atoms with Crippen LogP contribution in [0.4, 0.5) is 0 Å². The third kappa shape index (κ3) is 4.27. The molecule has 0 fully saturated rings. The number of benzene rings is 1. The first-order valence-electron chi connectivity index (χ1n) is 6.70. The van der Waals surface area contributed by atoms with Gasteiger partial charge in [-0.3, -0.25) is 4.99 Å². The maximum atomic E-state index is 4.76. The number of guanidine groups is 1. The van der Waals surface area contributed by atoms with Crippen molar-refractivity contribution >= 4 is 5.96 Å². The summed E-state index contributed by atoms with van der Waals surface area (Å²) in [5.74, 6) is 1.00. The van der Waals surface area contributed by atoms with Crippen LogP contribution >= 0.6 is 0 Å². The van der Waals surface area contributed by atoms with Gasteiger partial charge in [-0.15, -0.1) is 0 Å². The second-order valence-electron chi connectivity index (χ2n) is 6.15. The van der Waals surface area contributed by atoms with Gasteiger partial charge in [0.05, 0.1) is 6.54 Å². The molecular formula is C16H27N3. The Bertz CT molecular complexity index is 418. The fraction of sp³-hybridized carbons (Fsp3) is 0.562. The van der Waals surface area contributed by atoms with E-state index in [1.165, 1.54) is 11.1 Å². The molecule has 0 aliphatic heterocycles. The largest absolute Gasteiger partial charge is 0.349 e. The molecule has 3 heteroatoms. The van der Waals surface area contributed by atoms with Gasteiger partial charge in [0.25, 0.3) is 0 Å². The van der Waals surface area contributed by atoms with Crippen LogP contribution in [-0.4, -0.2) is 50.5 Å². The summed E-state index contributed by atoms with van der Waals surface area (Å²) in [6.45, 7) is 7.38. The maximum absolute atomic E-state index is 4.76. The zero-order valence-electron chi connectivity index (χ0n) is 13.4. The molecule has 3 nitrogen and oxygen atoms in total. The van der Waals surface area contributed by atoms with Crippen LogP contribution in [0.25, 0.3) is 0 Å². The standard InChI is InChI=1S/C16H27N3/c1-13-8-10-14(11-9-13)16(2,3)12-17-15(18(4)5)19(6)7/h8-11H,12H2,1-7H3. The molecule has 0 aromatic heterocycles. The minimum absolute atomic E-state index is 0.0466. The first kappa shape index (κ1) is 15.5. The molecule has 0 heterocycles. The Labute approximate surface area is 117 Å². The third-order valence-corrected chi connectivity index (χ3v) is 3.25. The lowest BCUT2D eigenvalue weighted by Gasteiger charge is -2.27. The van der Waals surface area contributed by atoms with Crippen LogP contribution in [0.15, 0.2) is 29.3 Å². The number of nitrogens with zero attached hydrogens (tertiary/aromatic N) is 3. The quantitative estimate of drug-likeness (QED) is 0.615. The molecule has 0 saturated carbocycles. The van der Waals surface area contributed by atoms with E-state index in [1.54, 1.807) is 0 Å². The lowest BCUT2D eigenvalue weighted by atomic mass is 9.84. The van der Waals surface area contributed by atoms with E-state index >= 15 is 0 Å². The van der Waals surface area contributed by atoms with E-state index in [2.05, 4.69) is 45.0 Å². The summed E-state index contributed by atoms with van der Waals surface area (Å²) < 4.78 is 0. The second-order valence-corrected chi connectivity index (χ2v) is 6.15. The van der Waals surface area contributed by atoms with Crippen LogP contribution in [0.5, 0.6) is 0 Å². The number of aliphatic imine (C=N–C) groups is 1. The lowest BCUT2D eigenvalue weighted by molar-refractivity contribution is 0.464. The number of rotatable bonds is 3. The molecule has 0 saturated heterocycles. The Hall–Kier alpha value is -1.51. The van der Waals surface area contributed by atoms with Crippen molar-refractivity contribution in [1.82, 2.24) is 9.80 Å². The molecule has 0 radical (unpaired) electrons. The van der Waals surface area contributed by atoms with Crippen molar-refractivity contribution in [3.63, 3.8) is 0 Å². The first-order valence-corrected chi connectivity index (χ1v) is 6.70. The molecule has 1 rings (SSSR count). The summed E-state index contributed by atoms with van der Waals surface area (Å²) >= 11 is 0. The average Bonchev–Trinajstić information content (AvgIpc) is 2.28. The van der Waals surface area contributed by atoms with Crippen LogP contribution in [0.2, 0.25) is 0 Å². The van der Waals surface area contributed by atoms with Crippen LogP contribution in [0, 0.1) is 6.92 Å². The molecular weight excluding hydrogens is 234 g/mol. The van der Waals surface area contributed by atoms with Gasteiger partial charge in [0, 0.05) is 33.6 Å². The molecule has 0 spiro atoms. The van der Waals surface area contributed by atoms with Crippen LogP contribution in [0.1, 0.15) is 25.0 Å². The SMILES string of the molecule is Cc1ccc(C(C)(C)CN=C(N(C)C)N(C)C)cc1. The Morgan fingerprint density at radius 1 is 1.00 bits per heavy atom. The summed E-state index contributed by atoms with van der Waals surface area (Å²) in [4.78, 5) is 8.86. The summed E-state index contributed by atoms with van der Waals surface area (Å²) in [5, 5.41) is 0. The molecule has 0 amide bonds. The molecule has 0 aliphatic rings. The van der Waals surface area contributed by atoms with Gasteiger partial charge in [-0.2, -0.15) is 0 Å². The predicted octanol–water partition coefficient (Wildman–Crippen LogP) is 2.75. The molecule has 1 aromatic rings. The van der Waals surface area contributed by atoms with Crippen molar-refractivity contribution in [3.8, 4) is 0 Å². The fourth-order valence-electron chi connectivity index (χ4n) is 2.05. The van der Waals surface area contributed by atoms with E-state index in [1.807, 2.05) is 38.0 Å². The summed E-state index contributed by atoms with van der Waals surface area (Å²) in [7, 11) is 8.10. The van der Waals surface area contributed by atoms with Crippen LogP contribution < -0.4 is 0 Å². The van der Waals surface area contributed by atoms with Gasteiger partial charge in [0.2, 0.25) is 0 Å². The Balaban J connectivity index is 2.90. The highest BCUT2D eigenvalue weighted by molar-refractivity contribution is 5.79. The predicted molar refractivity (Wildman–Crippen MR) is 83.9 cm³/mol. The molecule has 0 atom stereocenters. The van der Waals surface area contributed by atoms with Crippen molar-refractivity contribution in [3.05, 3.63) is 35.4 Å². The minimum Gasteiger partial charge on any atom is -0.349 e. The molecule has 0 unspecified atom stereocenters. The number of aryl methyl sites for hydroxylation is 1. The molecule has 106 valence electrons. The van der Waals surface area contributed by atoms with Gasteiger partial charge in [-0.1, -0.05) is 43.7 Å². The van der Waals surface area contributed by atoms with E-state index < -0.39 is 0 Å². The van der Waals surface area contributed by atoms with Crippen molar-refractivity contribution in [2.24, 2.45) is 4.99 Å². The van der Waals surface area contributed by atoms with E-state index in [0.29, 0.717) is 0 Å². The number of hydrogen-bond acceptors (Lipinski definition) is 1. The van der Waals surface area contributed by atoms with Crippen molar-refractivity contribution < 1.29 is 0 Å². The Kier molecular flexibility index (Phi) is 4.98. The summed E-state index contributed by atoms with van der Waals surface area (Å²) in [6.07, 6.45) is 0. The van der Waals surface area contributed by atoms with Gasteiger partial charge in [-0.05, 0) is 12.5 Å². The van der Waals surface area contributed by atoms with E-state index in [-0.39, 0.29) is 5.41 Å². The van der Waals surface area contributed by atoms with Gasteiger partial charge in [-0.25, -0.2) is 0 Å². The monoisotopic (exact) mass is 261 g/mol. The molecule has 1 aromatic carbocycles. The zero-order valence-corrected chi connectivity index (χ0v) is 13.4.